The maximum atomic E-state index is 13.5. The summed E-state index contributed by atoms with van der Waals surface area (Å²) in [6.07, 6.45) is 1.61. The molecule has 45 heavy (non-hydrogen) atoms. The first kappa shape index (κ1) is 32.5. The normalized spacial score (nSPS) is 15.5. The molecule has 3 amide bonds. The molecule has 228 valence electrons. The number of ether oxygens (including phenoxy) is 1. The molecule has 2 aromatic heterocycles. The second kappa shape index (κ2) is 13.2. The summed E-state index contributed by atoms with van der Waals surface area (Å²) in [5, 5.41) is 14.8. The number of hydrogen-bond acceptors (Lipinski definition) is 10. The van der Waals surface area contributed by atoms with Crippen molar-refractivity contribution in [3.05, 3.63) is 40.5 Å². The third-order valence-electron chi connectivity index (χ3n) is 7.58. The van der Waals surface area contributed by atoms with Crippen molar-refractivity contribution in [2.75, 3.05) is 43.9 Å². The highest BCUT2D eigenvalue weighted by molar-refractivity contribution is 7.17. The fraction of sp³-hybridized carbons (Fsp3) is 0.448. The van der Waals surface area contributed by atoms with E-state index in [0.717, 1.165) is 25.9 Å². The van der Waals surface area contributed by atoms with Crippen molar-refractivity contribution in [1.82, 2.24) is 30.3 Å². The van der Waals surface area contributed by atoms with E-state index in [9.17, 15) is 14.4 Å². The number of para-hydroxylation sites is 1. The van der Waals surface area contributed by atoms with Gasteiger partial charge in [0.25, 0.3) is 11.8 Å². The summed E-state index contributed by atoms with van der Waals surface area (Å²) in [5.74, 6) is -0.521. The fourth-order valence-corrected chi connectivity index (χ4v) is 6.07. The van der Waals surface area contributed by atoms with Crippen LogP contribution in [0, 0.1) is 12.8 Å². The van der Waals surface area contributed by atoms with Crippen molar-refractivity contribution in [2.24, 2.45) is 5.92 Å². The van der Waals surface area contributed by atoms with Crippen LogP contribution in [0.4, 0.5) is 17.2 Å². The first-order valence-corrected chi connectivity index (χ1v) is 15.5. The number of carbonyl (C=O) groups excluding carboxylic acids is 3. The molecule has 16 heteroatoms. The summed E-state index contributed by atoms with van der Waals surface area (Å²) in [7, 11) is 18.3. The Labute approximate surface area is 270 Å². The Hall–Kier alpha value is -3.91. The van der Waals surface area contributed by atoms with E-state index in [1.165, 1.54) is 24.5 Å². The van der Waals surface area contributed by atoms with Crippen molar-refractivity contribution in [1.29, 1.82) is 0 Å². The maximum absolute atomic E-state index is 13.5. The van der Waals surface area contributed by atoms with Gasteiger partial charge in [-0.2, -0.15) is 0 Å². The Morgan fingerprint density at radius 2 is 1.78 bits per heavy atom. The average Bonchev–Trinajstić information content (AvgIpc) is 3.77. The molecular formula is C29H33B3N8O4S. The number of aromatic nitrogens is 3. The molecule has 6 radical (unpaired) electrons. The number of thiazole rings is 1. The largest absolute Gasteiger partial charge is 0.494 e. The van der Waals surface area contributed by atoms with Crippen molar-refractivity contribution < 1.29 is 19.1 Å². The molecule has 5 rings (SSSR count). The van der Waals surface area contributed by atoms with Crippen molar-refractivity contribution >= 4 is 69.8 Å². The zero-order valence-corrected chi connectivity index (χ0v) is 26.5. The van der Waals surface area contributed by atoms with Gasteiger partial charge in [0.15, 0.2) is 17.3 Å². The van der Waals surface area contributed by atoms with Gasteiger partial charge in [-0.3, -0.25) is 19.3 Å². The van der Waals surface area contributed by atoms with Crippen molar-refractivity contribution in [3.63, 3.8) is 0 Å². The number of anilines is 3. The molecule has 1 saturated heterocycles. The van der Waals surface area contributed by atoms with Gasteiger partial charge in [0, 0.05) is 44.2 Å². The average molecular weight is 622 g/mol. The van der Waals surface area contributed by atoms with Crippen molar-refractivity contribution in [2.45, 2.75) is 44.9 Å². The number of benzene rings is 1. The summed E-state index contributed by atoms with van der Waals surface area (Å²) in [5.41, 5.74) is 1.74. The molecule has 0 unspecified atom stereocenters. The van der Waals surface area contributed by atoms with Crippen LogP contribution in [0.2, 0.25) is 0 Å². The van der Waals surface area contributed by atoms with E-state index in [0.29, 0.717) is 51.7 Å². The van der Waals surface area contributed by atoms with Crippen LogP contribution in [0.25, 0.3) is 10.6 Å². The van der Waals surface area contributed by atoms with Crippen LogP contribution in [0.1, 0.15) is 52.5 Å². The van der Waals surface area contributed by atoms with Gasteiger partial charge in [-0.1, -0.05) is 11.3 Å². The lowest BCUT2D eigenvalue weighted by atomic mass is 9.49. The van der Waals surface area contributed by atoms with E-state index in [4.69, 9.17) is 33.3 Å². The van der Waals surface area contributed by atoms with Crippen molar-refractivity contribution in [3.8, 4) is 16.3 Å². The van der Waals surface area contributed by atoms with Gasteiger partial charge in [-0.05, 0) is 45.7 Å². The van der Waals surface area contributed by atoms with Gasteiger partial charge in [0.05, 0.1) is 53.3 Å². The first-order valence-electron chi connectivity index (χ1n) is 14.7. The lowest BCUT2D eigenvalue weighted by Gasteiger charge is -2.36. The van der Waals surface area contributed by atoms with E-state index in [-0.39, 0.29) is 34.9 Å². The van der Waals surface area contributed by atoms with E-state index >= 15 is 0 Å². The maximum Gasteiger partial charge on any atom is 0.272 e. The second-order valence-corrected chi connectivity index (χ2v) is 12.5. The van der Waals surface area contributed by atoms with Crippen LogP contribution < -0.4 is 20.7 Å². The lowest BCUT2D eigenvalue weighted by Crippen LogP contribution is -2.50. The Kier molecular flexibility index (Phi) is 9.54. The third kappa shape index (κ3) is 7.67. The van der Waals surface area contributed by atoms with E-state index in [2.05, 4.69) is 44.9 Å². The highest BCUT2D eigenvalue weighted by Crippen LogP contribution is 2.41. The van der Waals surface area contributed by atoms with Gasteiger partial charge in [-0.15, -0.1) is 21.5 Å². The summed E-state index contributed by atoms with van der Waals surface area (Å²) >= 11 is 1.30. The number of amides is 3. The third-order valence-corrected chi connectivity index (χ3v) is 8.76. The summed E-state index contributed by atoms with van der Waals surface area (Å²) in [4.78, 5) is 48.4. The van der Waals surface area contributed by atoms with Crippen LogP contribution in [0.5, 0.6) is 5.75 Å². The molecule has 0 bridgehead atoms. The quantitative estimate of drug-likeness (QED) is 0.290. The number of methoxy groups -OCH3 is 1. The van der Waals surface area contributed by atoms with Crippen LogP contribution >= 0.6 is 11.3 Å². The molecule has 1 aliphatic carbocycles. The second-order valence-electron chi connectivity index (χ2n) is 11.5. The lowest BCUT2D eigenvalue weighted by molar-refractivity contribution is -0.117. The highest BCUT2D eigenvalue weighted by Gasteiger charge is 2.31. The molecule has 0 atom stereocenters. The Balaban J connectivity index is 1.44. The van der Waals surface area contributed by atoms with Crippen LogP contribution in [-0.2, 0) is 4.79 Å². The number of aryl methyl sites for hydroxylation is 1. The minimum Gasteiger partial charge on any atom is -0.494 e. The molecule has 12 nitrogen and oxygen atoms in total. The van der Waals surface area contributed by atoms with Gasteiger partial charge in [0.2, 0.25) is 5.91 Å². The zero-order valence-electron chi connectivity index (χ0n) is 25.7. The summed E-state index contributed by atoms with van der Waals surface area (Å²) < 4.78 is 5.82. The fourth-order valence-electron chi connectivity index (χ4n) is 5.01. The monoisotopic (exact) mass is 622 g/mol. The zero-order chi connectivity index (χ0) is 32.5. The SMILES string of the molecule is [B]C([B])([B])NC(=O)c1nnc(NC(=O)C2CC2)cc1Nc1cccc(-c2nc(C)c(C(=O)N3CCN(C(C)C)CC3)s2)c1OC. The standard InChI is InChI=1S/C29H33B3N8O4S/c1-15(2)39-10-12-40(13-11-39)28(43)24-16(3)33-27(45-24)18-6-5-7-19(23(18)44-4)34-20-14-21(35-25(41)17-8-9-17)37-38-22(20)26(42)36-29(30,31)32/h5-7,14-15,17H,8-13H2,1-4H3,(H,36,42)(H2,34,35,37,41). The number of carbonyl (C=O) groups is 3. The van der Waals surface area contributed by atoms with E-state index in [1.54, 1.807) is 12.1 Å². The Morgan fingerprint density at radius 1 is 1.07 bits per heavy atom. The molecule has 1 saturated carbocycles. The van der Waals surface area contributed by atoms with Gasteiger partial charge in [0.1, 0.15) is 9.88 Å². The molecule has 3 heterocycles. The molecule has 1 aliphatic heterocycles. The topological polar surface area (TPSA) is 142 Å². The Morgan fingerprint density at radius 3 is 2.40 bits per heavy atom. The van der Waals surface area contributed by atoms with Gasteiger partial charge < -0.3 is 25.6 Å². The van der Waals surface area contributed by atoms with Gasteiger partial charge >= 0.3 is 0 Å². The predicted octanol–water partition coefficient (Wildman–Crippen LogP) is 2.02. The summed E-state index contributed by atoms with van der Waals surface area (Å²) in [6.45, 7) is 9.11. The Bertz CT molecular complexity index is 1600. The minimum absolute atomic E-state index is 0.0389. The van der Waals surface area contributed by atoms with E-state index in [1.807, 2.05) is 17.9 Å². The minimum atomic E-state index is -2.01. The smallest absolute Gasteiger partial charge is 0.272 e. The highest BCUT2D eigenvalue weighted by atomic mass is 32.1. The van der Waals surface area contributed by atoms with Crippen LogP contribution in [0.3, 0.4) is 0 Å². The first-order chi connectivity index (χ1) is 21.3. The molecule has 2 fully saturated rings. The molecule has 3 N–H and O–H groups in total. The van der Waals surface area contributed by atoms with Crippen LogP contribution in [-0.4, -0.2) is 111 Å². The summed E-state index contributed by atoms with van der Waals surface area (Å²) in [6, 6.07) is 7.28. The molecule has 0 spiro atoms. The number of nitrogens with one attached hydrogen (secondary N) is 3. The molecule has 2 aliphatic rings. The number of piperazine rings is 1. The number of rotatable bonds is 10. The van der Waals surface area contributed by atoms with Crippen LogP contribution in [0.15, 0.2) is 24.3 Å². The molecule has 1 aromatic carbocycles. The molecular weight excluding hydrogens is 589 g/mol. The van der Waals surface area contributed by atoms with Gasteiger partial charge in [-0.25, -0.2) is 4.98 Å². The molecule has 3 aromatic rings. The predicted molar refractivity (Wildman–Crippen MR) is 176 cm³/mol. The number of hydrogen-bond donors (Lipinski definition) is 3. The number of nitrogens with zero attached hydrogens (tertiary/aromatic N) is 5. The van der Waals surface area contributed by atoms with E-state index < -0.39 is 11.1 Å².